The molecule has 0 unspecified atom stereocenters. The Morgan fingerprint density at radius 3 is 2.79 bits per heavy atom. The Bertz CT molecular complexity index is 763. The summed E-state index contributed by atoms with van der Waals surface area (Å²) in [5.41, 5.74) is 4.96. The van der Waals surface area contributed by atoms with Crippen molar-refractivity contribution in [3.05, 3.63) is 29.5 Å². The summed E-state index contributed by atoms with van der Waals surface area (Å²) in [5, 5.41) is 9.17. The van der Waals surface area contributed by atoms with E-state index in [2.05, 4.69) is 28.2 Å². The van der Waals surface area contributed by atoms with E-state index in [0.29, 0.717) is 11.6 Å². The average Bonchev–Trinajstić information content (AvgIpc) is 2.60. The molecule has 5 nitrogen and oxygen atoms in total. The molecule has 1 aliphatic rings. The Balaban J connectivity index is 1.95. The number of aromatic nitrogens is 3. The van der Waals surface area contributed by atoms with Crippen molar-refractivity contribution in [2.45, 2.75) is 44.7 Å². The molecule has 1 amide bonds. The number of benzene rings is 1. The van der Waals surface area contributed by atoms with E-state index < -0.39 is 0 Å². The number of nitrogens with zero attached hydrogens (tertiary/aromatic N) is 4. The van der Waals surface area contributed by atoms with E-state index in [0.717, 1.165) is 48.4 Å². The molecule has 0 N–H and O–H groups in total. The van der Waals surface area contributed by atoms with Crippen LogP contribution >= 0.6 is 11.8 Å². The van der Waals surface area contributed by atoms with Crippen molar-refractivity contribution < 1.29 is 4.79 Å². The molecule has 1 aromatic carbocycles. The van der Waals surface area contributed by atoms with Gasteiger partial charge >= 0.3 is 0 Å². The second-order valence-corrected chi connectivity index (χ2v) is 6.75. The number of rotatable bonds is 5. The molecule has 0 aliphatic carbocycles. The number of hydrogen-bond donors (Lipinski definition) is 0. The third-order valence-corrected chi connectivity index (χ3v) is 4.85. The van der Waals surface area contributed by atoms with Crippen LogP contribution in [0.25, 0.3) is 11.3 Å². The zero-order valence-corrected chi connectivity index (χ0v) is 15.2. The smallest absolute Gasteiger partial charge is 0.227 e. The van der Waals surface area contributed by atoms with E-state index in [4.69, 9.17) is 0 Å². The number of hydrogen-bond acceptors (Lipinski definition) is 5. The molecule has 3 rings (SSSR count). The van der Waals surface area contributed by atoms with Crippen molar-refractivity contribution >= 4 is 23.4 Å². The fourth-order valence-electron chi connectivity index (χ4n) is 3.01. The Labute approximate surface area is 146 Å². The van der Waals surface area contributed by atoms with Crippen LogP contribution in [0.4, 0.5) is 5.69 Å². The van der Waals surface area contributed by atoms with Crippen molar-refractivity contribution in [1.82, 2.24) is 15.2 Å². The highest BCUT2D eigenvalue weighted by Crippen LogP contribution is 2.32. The highest BCUT2D eigenvalue weighted by atomic mass is 32.2. The minimum atomic E-state index is 0.227. The minimum Gasteiger partial charge on any atom is -0.312 e. The van der Waals surface area contributed by atoms with Gasteiger partial charge in [-0.05, 0) is 43.7 Å². The summed E-state index contributed by atoms with van der Waals surface area (Å²) in [6.45, 7) is 4.90. The number of unbranched alkanes of at least 4 members (excludes halogenated alkanes) is 1. The van der Waals surface area contributed by atoms with Gasteiger partial charge in [-0.2, -0.15) is 0 Å². The lowest BCUT2D eigenvalue weighted by molar-refractivity contribution is -0.118. The van der Waals surface area contributed by atoms with E-state index in [1.54, 1.807) is 0 Å². The van der Waals surface area contributed by atoms with Gasteiger partial charge in [-0.3, -0.25) is 4.79 Å². The Morgan fingerprint density at radius 2 is 2.08 bits per heavy atom. The molecule has 24 heavy (non-hydrogen) atoms. The minimum absolute atomic E-state index is 0.227. The van der Waals surface area contributed by atoms with Crippen LogP contribution in [0.15, 0.2) is 23.4 Å². The van der Waals surface area contributed by atoms with E-state index in [1.165, 1.54) is 17.3 Å². The van der Waals surface area contributed by atoms with Gasteiger partial charge in [0.05, 0.1) is 5.69 Å². The zero-order valence-electron chi connectivity index (χ0n) is 14.4. The number of carbonyl (C=O) groups is 1. The molecule has 2 heterocycles. The van der Waals surface area contributed by atoms with Crippen LogP contribution in [-0.4, -0.2) is 33.9 Å². The molecular formula is C18H22N4OS. The van der Waals surface area contributed by atoms with Crippen molar-refractivity contribution in [3.63, 3.8) is 0 Å². The van der Waals surface area contributed by atoms with Gasteiger partial charge in [-0.15, -0.1) is 10.2 Å². The number of anilines is 1. The molecule has 0 bridgehead atoms. The average molecular weight is 342 g/mol. The van der Waals surface area contributed by atoms with Crippen molar-refractivity contribution in [1.29, 1.82) is 0 Å². The largest absolute Gasteiger partial charge is 0.312 e. The van der Waals surface area contributed by atoms with Crippen molar-refractivity contribution in [3.8, 4) is 11.3 Å². The molecule has 1 aromatic heterocycles. The maximum atomic E-state index is 12.2. The van der Waals surface area contributed by atoms with Crippen LogP contribution in [0.2, 0.25) is 0 Å². The van der Waals surface area contributed by atoms with Gasteiger partial charge in [0, 0.05) is 24.2 Å². The van der Waals surface area contributed by atoms with E-state index in [9.17, 15) is 4.79 Å². The number of amides is 1. The summed E-state index contributed by atoms with van der Waals surface area (Å²) in [7, 11) is 0. The highest BCUT2D eigenvalue weighted by molar-refractivity contribution is 7.98. The van der Waals surface area contributed by atoms with Crippen LogP contribution in [0.3, 0.4) is 0 Å². The Kier molecular flexibility index (Phi) is 5.14. The van der Waals surface area contributed by atoms with Crippen LogP contribution < -0.4 is 4.90 Å². The van der Waals surface area contributed by atoms with Crippen LogP contribution in [-0.2, 0) is 11.2 Å². The molecule has 6 heteroatoms. The molecule has 1 aliphatic heterocycles. The van der Waals surface area contributed by atoms with Gasteiger partial charge in [0.25, 0.3) is 0 Å². The fraction of sp³-hybridized carbons (Fsp3) is 0.444. The molecule has 126 valence electrons. The lowest BCUT2D eigenvalue weighted by Crippen LogP contribution is -2.35. The van der Waals surface area contributed by atoms with Gasteiger partial charge in [-0.1, -0.05) is 31.2 Å². The zero-order chi connectivity index (χ0) is 17.1. The lowest BCUT2D eigenvalue weighted by Gasteiger charge is -2.29. The summed E-state index contributed by atoms with van der Waals surface area (Å²) in [4.78, 5) is 18.6. The first-order valence-electron chi connectivity index (χ1n) is 8.33. The SMILES string of the molecule is CCCCN1C(=O)CCc2cc(-c3nnc(SC)nc3C)ccc21. The lowest BCUT2D eigenvalue weighted by atomic mass is 9.97. The monoisotopic (exact) mass is 342 g/mol. The molecule has 0 saturated carbocycles. The third-order valence-electron chi connectivity index (χ3n) is 4.31. The number of fused-ring (bicyclic) bond motifs is 1. The predicted octanol–water partition coefficient (Wildman–Crippen LogP) is 3.65. The van der Waals surface area contributed by atoms with Gasteiger partial charge in [0.2, 0.25) is 11.1 Å². The Hall–Kier alpha value is -1.95. The third kappa shape index (κ3) is 3.29. The fourth-order valence-corrected chi connectivity index (χ4v) is 3.36. The molecule has 0 fully saturated rings. The maximum Gasteiger partial charge on any atom is 0.227 e. The second kappa shape index (κ2) is 7.30. The summed E-state index contributed by atoms with van der Waals surface area (Å²) in [6, 6.07) is 6.20. The van der Waals surface area contributed by atoms with Gasteiger partial charge < -0.3 is 4.90 Å². The molecule has 2 aromatic rings. The van der Waals surface area contributed by atoms with Crippen molar-refractivity contribution in [2.24, 2.45) is 0 Å². The van der Waals surface area contributed by atoms with Crippen LogP contribution in [0.1, 0.15) is 37.4 Å². The summed E-state index contributed by atoms with van der Waals surface area (Å²) in [6.07, 6.45) is 5.41. The molecule has 0 spiro atoms. The number of aryl methyl sites for hydroxylation is 2. The quantitative estimate of drug-likeness (QED) is 0.776. The van der Waals surface area contributed by atoms with E-state index >= 15 is 0 Å². The van der Waals surface area contributed by atoms with Crippen molar-refractivity contribution in [2.75, 3.05) is 17.7 Å². The maximum absolute atomic E-state index is 12.2. The predicted molar refractivity (Wildman–Crippen MR) is 97.4 cm³/mol. The molecule has 0 radical (unpaired) electrons. The summed E-state index contributed by atoms with van der Waals surface area (Å²) >= 11 is 1.49. The van der Waals surface area contributed by atoms with Crippen LogP contribution in [0.5, 0.6) is 0 Å². The first-order chi connectivity index (χ1) is 11.6. The first-order valence-corrected chi connectivity index (χ1v) is 9.55. The summed E-state index contributed by atoms with van der Waals surface area (Å²) in [5.74, 6) is 0.227. The molecule has 0 atom stereocenters. The van der Waals surface area contributed by atoms with E-state index in [-0.39, 0.29) is 5.91 Å². The van der Waals surface area contributed by atoms with Gasteiger partial charge in [0.1, 0.15) is 5.69 Å². The second-order valence-electron chi connectivity index (χ2n) is 5.97. The molecular weight excluding hydrogens is 320 g/mol. The van der Waals surface area contributed by atoms with Gasteiger partial charge in [-0.25, -0.2) is 4.98 Å². The number of thioether (sulfide) groups is 1. The van der Waals surface area contributed by atoms with Crippen LogP contribution in [0, 0.1) is 6.92 Å². The first kappa shape index (κ1) is 16.9. The Morgan fingerprint density at radius 1 is 1.25 bits per heavy atom. The topological polar surface area (TPSA) is 59.0 Å². The summed E-state index contributed by atoms with van der Waals surface area (Å²) < 4.78 is 0. The standard InChI is InChI=1S/C18H22N4OS/c1-4-5-10-22-15-8-6-14(11-13(15)7-9-16(22)23)17-12(2)19-18(24-3)21-20-17/h6,8,11H,4-5,7,9-10H2,1-3H3. The molecule has 0 saturated heterocycles. The normalized spacial score (nSPS) is 14.0. The number of carbonyl (C=O) groups excluding carboxylic acids is 1. The highest BCUT2D eigenvalue weighted by Gasteiger charge is 2.24. The van der Waals surface area contributed by atoms with E-state index in [1.807, 2.05) is 30.2 Å². The van der Waals surface area contributed by atoms with Gasteiger partial charge in [0.15, 0.2) is 0 Å².